The van der Waals surface area contributed by atoms with E-state index in [0.717, 1.165) is 14.8 Å². The van der Waals surface area contributed by atoms with Gasteiger partial charge in [-0.3, -0.25) is 9.78 Å². The first-order valence-corrected chi connectivity index (χ1v) is 8.94. The predicted molar refractivity (Wildman–Crippen MR) is 110 cm³/mol. The Kier molecular flexibility index (Phi) is 5.72. The number of hydrogen-bond acceptors (Lipinski definition) is 4. The van der Waals surface area contributed by atoms with Gasteiger partial charge in [0.15, 0.2) is 0 Å². The summed E-state index contributed by atoms with van der Waals surface area (Å²) in [5, 5.41) is 2.92. The number of pyridine rings is 1. The first kappa shape index (κ1) is 18.2. The van der Waals surface area contributed by atoms with Gasteiger partial charge in [-0.25, -0.2) is 0 Å². The molecule has 0 fully saturated rings. The summed E-state index contributed by atoms with van der Waals surface area (Å²) in [6, 6.07) is 16.5. The number of rotatable bonds is 5. The zero-order chi connectivity index (χ0) is 18.5. The number of methoxy groups -OCH3 is 2. The van der Waals surface area contributed by atoms with E-state index in [1.807, 2.05) is 36.4 Å². The number of halogens is 1. The van der Waals surface area contributed by atoms with Crippen LogP contribution in [-0.2, 0) is 0 Å². The Bertz CT molecular complexity index is 907. The molecule has 0 saturated heterocycles. The Morgan fingerprint density at radius 1 is 1.00 bits per heavy atom. The first-order chi connectivity index (χ1) is 12.6. The average molecular weight is 460 g/mol. The second kappa shape index (κ2) is 8.18. The molecule has 0 unspecified atom stereocenters. The molecular formula is C20H17IN2O3. The number of ether oxygens (including phenoxy) is 2. The fourth-order valence-electron chi connectivity index (χ4n) is 2.46. The van der Waals surface area contributed by atoms with Gasteiger partial charge in [-0.15, -0.1) is 0 Å². The molecule has 0 bridgehead atoms. The highest BCUT2D eigenvalue weighted by Gasteiger charge is 2.12. The van der Waals surface area contributed by atoms with Gasteiger partial charge < -0.3 is 14.8 Å². The summed E-state index contributed by atoms with van der Waals surface area (Å²) in [5.74, 6) is 0.882. The summed E-state index contributed by atoms with van der Waals surface area (Å²) in [6.45, 7) is 0. The van der Waals surface area contributed by atoms with Crippen LogP contribution >= 0.6 is 22.6 Å². The number of carbonyl (C=O) groups excluding carboxylic acids is 1. The van der Waals surface area contributed by atoms with Gasteiger partial charge in [-0.2, -0.15) is 0 Å². The van der Waals surface area contributed by atoms with Crippen molar-refractivity contribution >= 4 is 34.2 Å². The topological polar surface area (TPSA) is 60.5 Å². The molecule has 5 nitrogen and oxygen atoms in total. The van der Waals surface area contributed by atoms with Gasteiger partial charge in [0.1, 0.15) is 11.5 Å². The largest absolute Gasteiger partial charge is 0.497 e. The molecule has 2 aromatic carbocycles. The number of carbonyl (C=O) groups is 1. The number of anilines is 1. The summed E-state index contributed by atoms with van der Waals surface area (Å²) in [6.07, 6.45) is 1.75. The van der Waals surface area contributed by atoms with Crippen LogP contribution in [-0.4, -0.2) is 25.1 Å². The molecule has 0 radical (unpaired) electrons. The van der Waals surface area contributed by atoms with E-state index in [1.54, 1.807) is 38.6 Å². The molecule has 1 N–H and O–H groups in total. The fraction of sp³-hybridized carbons (Fsp3) is 0.100. The van der Waals surface area contributed by atoms with Crippen LogP contribution in [0.25, 0.3) is 11.3 Å². The number of nitrogens with zero attached hydrogens (tertiary/aromatic N) is 1. The van der Waals surface area contributed by atoms with E-state index in [4.69, 9.17) is 9.47 Å². The summed E-state index contributed by atoms with van der Waals surface area (Å²) in [5.41, 5.74) is 2.97. The third kappa shape index (κ3) is 4.13. The van der Waals surface area contributed by atoms with Crippen LogP contribution in [0, 0.1) is 3.57 Å². The average Bonchev–Trinajstić information content (AvgIpc) is 2.69. The maximum absolute atomic E-state index is 12.6. The molecule has 0 atom stereocenters. The minimum absolute atomic E-state index is 0.240. The molecule has 0 aliphatic rings. The molecule has 0 saturated carbocycles. The van der Waals surface area contributed by atoms with Gasteiger partial charge in [0.25, 0.3) is 5.91 Å². The van der Waals surface area contributed by atoms with Crippen LogP contribution in [0.2, 0.25) is 0 Å². The van der Waals surface area contributed by atoms with Gasteiger partial charge in [-0.1, -0.05) is 6.07 Å². The molecular weight excluding hydrogens is 443 g/mol. The Balaban J connectivity index is 1.89. The smallest absolute Gasteiger partial charge is 0.255 e. The van der Waals surface area contributed by atoms with Gasteiger partial charge in [0.2, 0.25) is 0 Å². The van der Waals surface area contributed by atoms with Crippen LogP contribution in [0.1, 0.15) is 10.4 Å². The first-order valence-electron chi connectivity index (χ1n) is 7.86. The van der Waals surface area contributed by atoms with Crippen molar-refractivity contribution < 1.29 is 14.3 Å². The lowest BCUT2D eigenvalue weighted by atomic mass is 10.1. The molecule has 1 aromatic heterocycles. The number of amides is 1. The Morgan fingerprint density at radius 2 is 1.73 bits per heavy atom. The number of benzene rings is 2. The quantitative estimate of drug-likeness (QED) is 0.565. The van der Waals surface area contributed by atoms with Crippen LogP contribution in [0.5, 0.6) is 11.5 Å². The van der Waals surface area contributed by atoms with E-state index in [1.165, 1.54) is 0 Å². The zero-order valence-electron chi connectivity index (χ0n) is 14.3. The molecule has 6 heteroatoms. The molecule has 3 aromatic rings. The molecule has 0 aliphatic heterocycles. The van der Waals surface area contributed by atoms with Crippen LogP contribution in [0.15, 0.2) is 60.8 Å². The van der Waals surface area contributed by atoms with Crippen molar-refractivity contribution in [2.45, 2.75) is 0 Å². The molecule has 26 heavy (non-hydrogen) atoms. The Morgan fingerprint density at radius 3 is 2.35 bits per heavy atom. The van der Waals surface area contributed by atoms with Crippen molar-refractivity contribution in [1.82, 2.24) is 4.98 Å². The van der Waals surface area contributed by atoms with Crippen molar-refractivity contribution in [2.24, 2.45) is 0 Å². The third-order valence-corrected chi connectivity index (χ3v) is 4.72. The fourth-order valence-corrected chi connectivity index (χ4v) is 3.08. The van der Waals surface area contributed by atoms with Crippen molar-refractivity contribution in [2.75, 3.05) is 19.5 Å². The maximum Gasteiger partial charge on any atom is 0.255 e. The van der Waals surface area contributed by atoms with Crippen molar-refractivity contribution in [1.29, 1.82) is 0 Å². The van der Waals surface area contributed by atoms with E-state index < -0.39 is 0 Å². The monoisotopic (exact) mass is 460 g/mol. The second-order valence-corrected chi connectivity index (χ2v) is 6.63. The molecule has 3 rings (SSSR count). The summed E-state index contributed by atoms with van der Waals surface area (Å²) < 4.78 is 11.5. The lowest BCUT2D eigenvalue weighted by molar-refractivity contribution is 0.102. The molecule has 0 aliphatic carbocycles. The van der Waals surface area contributed by atoms with Gasteiger partial charge in [-0.05, 0) is 65.1 Å². The minimum Gasteiger partial charge on any atom is -0.497 e. The highest BCUT2D eigenvalue weighted by molar-refractivity contribution is 14.1. The maximum atomic E-state index is 12.6. The van der Waals surface area contributed by atoms with E-state index in [0.29, 0.717) is 22.7 Å². The SMILES string of the molecule is COc1cc(OC)cc(C(=O)Nc2ccc(I)c(-c3ccccn3)c2)c1. The molecule has 0 spiro atoms. The van der Waals surface area contributed by atoms with E-state index in [2.05, 4.69) is 32.9 Å². The van der Waals surface area contributed by atoms with Gasteiger partial charge >= 0.3 is 0 Å². The van der Waals surface area contributed by atoms with E-state index in [-0.39, 0.29) is 5.91 Å². The Labute approximate surface area is 165 Å². The molecule has 1 heterocycles. The summed E-state index contributed by atoms with van der Waals surface area (Å²) in [7, 11) is 3.10. The van der Waals surface area contributed by atoms with Crippen molar-refractivity contribution in [3.8, 4) is 22.8 Å². The molecule has 1 amide bonds. The Hall–Kier alpha value is -2.61. The van der Waals surface area contributed by atoms with Crippen LogP contribution in [0.4, 0.5) is 5.69 Å². The van der Waals surface area contributed by atoms with Crippen molar-refractivity contribution in [3.63, 3.8) is 0 Å². The van der Waals surface area contributed by atoms with E-state index in [9.17, 15) is 4.79 Å². The standard InChI is InChI=1S/C20H17IN2O3/c1-25-15-9-13(10-16(12-15)26-2)20(24)23-14-6-7-18(21)17(11-14)19-5-3-4-8-22-19/h3-12H,1-2H3,(H,23,24). The van der Waals surface area contributed by atoms with Crippen molar-refractivity contribution in [3.05, 3.63) is 69.9 Å². The third-order valence-electron chi connectivity index (χ3n) is 3.78. The van der Waals surface area contributed by atoms with Crippen LogP contribution < -0.4 is 14.8 Å². The number of hydrogen-bond donors (Lipinski definition) is 1. The molecule has 132 valence electrons. The number of aromatic nitrogens is 1. The number of nitrogens with one attached hydrogen (secondary N) is 1. The predicted octanol–water partition coefficient (Wildman–Crippen LogP) is 4.62. The minimum atomic E-state index is -0.240. The highest BCUT2D eigenvalue weighted by Crippen LogP contribution is 2.28. The normalized spacial score (nSPS) is 10.3. The second-order valence-electron chi connectivity index (χ2n) is 5.47. The lowest BCUT2D eigenvalue weighted by Gasteiger charge is -2.11. The lowest BCUT2D eigenvalue weighted by Crippen LogP contribution is -2.12. The van der Waals surface area contributed by atoms with E-state index >= 15 is 0 Å². The zero-order valence-corrected chi connectivity index (χ0v) is 16.5. The highest BCUT2D eigenvalue weighted by atomic mass is 127. The van der Waals surface area contributed by atoms with Gasteiger partial charge in [0.05, 0.1) is 19.9 Å². The van der Waals surface area contributed by atoms with Gasteiger partial charge in [0, 0.05) is 32.6 Å². The van der Waals surface area contributed by atoms with Crippen LogP contribution in [0.3, 0.4) is 0 Å². The summed E-state index contributed by atoms with van der Waals surface area (Å²) >= 11 is 2.26. The summed E-state index contributed by atoms with van der Waals surface area (Å²) in [4.78, 5) is 17.0.